The number of halogens is 1. The highest BCUT2D eigenvalue weighted by atomic mass is 19.1. The van der Waals surface area contributed by atoms with Gasteiger partial charge in [-0.05, 0) is 29.7 Å². The van der Waals surface area contributed by atoms with Crippen molar-refractivity contribution in [1.82, 2.24) is 10.6 Å². The van der Waals surface area contributed by atoms with Crippen molar-refractivity contribution < 1.29 is 9.31 Å². The molecular weight excluding hydrogens is 311 g/mol. The fraction of sp³-hybridized carbons (Fsp3) is 0.235. The van der Waals surface area contributed by atoms with Gasteiger partial charge in [-0.25, -0.2) is 4.39 Å². The topological polar surface area (TPSA) is 79.6 Å². The third-order valence-electron chi connectivity index (χ3n) is 3.43. The monoisotopic (exact) mass is 330 g/mol. The van der Waals surface area contributed by atoms with Crippen LogP contribution in [-0.4, -0.2) is 24.5 Å². The molecule has 2 rings (SSSR count). The number of hydrogen-bond acceptors (Lipinski definition) is 3. The molecule has 2 N–H and O–H groups in total. The minimum atomic E-state index is -0.426. The Hall–Kier alpha value is -2.96. The van der Waals surface area contributed by atoms with E-state index in [0.717, 1.165) is 11.1 Å². The fourth-order valence-electron chi connectivity index (χ4n) is 2.16. The van der Waals surface area contributed by atoms with E-state index >= 15 is 0 Å². The first-order valence-corrected chi connectivity index (χ1v) is 7.51. The van der Waals surface area contributed by atoms with E-state index < -0.39 is 4.92 Å². The smallest absolute Gasteiger partial charge is 0.269 e. The van der Waals surface area contributed by atoms with Gasteiger partial charge < -0.3 is 10.6 Å². The maximum absolute atomic E-state index is 13.1. The molecule has 0 aliphatic heterocycles. The lowest BCUT2D eigenvalue weighted by Crippen LogP contribution is -2.37. The highest BCUT2D eigenvalue weighted by Gasteiger charge is 2.04. The van der Waals surface area contributed by atoms with Crippen molar-refractivity contribution in [3.63, 3.8) is 0 Å². The van der Waals surface area contributed by atoms with E-state index in [0.29, 0.717) is 25.5 Å². The standard InChI is InChI=1S/C17H19FN4O2/c1-19-17(20-10-9-13-3-2-4-15(18)11-13)21-12-14-5-7-16(8-6-14)22(23)24/h2-8,11H,9-10,12H2,1H3,(H2,19,20,21). The lowest BCUT2D eigenvalue weighted by molar-refractivity contribution is -0.384. The van der Waals surface area contributed by atoms with Crippen LogP contribution in [0.1, 0.15) is 11.1 Å². The summed E-state index contributed by atoms with van der Waals surface area (Å²) < 4.78 is 13.1. The molecule has 0 fully saturated rings. The zero-order valence-corrected chi connectivity index (χ0v) is 13.3. The predicted octanol–water partition coefficient (Wildman–Crippen LogP) is 2.64. The van der Waals surface area contributed by atoms with Crippen molar-refractivity contribution in [1.29, 1.82) is 0 Å². The number of hydrogen-bond donors (Lipinski definition) is 2. The van der Waals surface area contributed by atoms with Crippen LogP contribution in [0.15, 0.2) is 53.5 Å². The third kappa shape index (κ3) is 5.35. The maximum atomic E-state index is 13.1. The van der Waals surface area contributed by atoms with Gasteiger partial charge >= 0.3 is 0 Å². The lowest BCUT2D eigenvalue weighted by Gasteiger charge is -2.12. The molecule has 0 spiro atoms. The molecule has 0 unspecified atom stereocenters. The summed E-state index contributed by atoms with van der Waals surface area (Å²) in [6.45, 7) is 1.11. The Balaban J connectivity index is 1.79. The molecule has 0 saturated heterocycles. The fourth-order valence-corrected chi connectivity index (χ4v) is 2.16. The van der Waals surface area contributed by atoms with Crippen LogP contribution in [0.2, 0.25) is 0 Å². The molecule has 0 bridgehead atoms. The molecule has 24 heavy (non-hydrogen) atoms. The van der Waals surface area contributed by atoms with Gasteiger partial charge in [0.05, 0.1) is 4.92 Å². The largest absolute Gasteiger partial charge is 0.356 e. The normalized spacial score (nSPS) is 11.2. The summed E-state index contributed by atoms with van der Waals surface area (Å²) in [5.41, 5.74) is 1.89. The van der Waals surface area contributed by atoms with E-state index in [1.807, 2.05) is 6.07 Å². The molecule has 0 aromatic heterocycles. The number of rotatable bonds is 6. The van der Waals surface area contributed by atoms with Crippen LogP contribution in [0.4, 0.5) is 10.1 Å². The van der Waals surface area contributed by atoms with Crippen LogP contribution in [0.3, 0.4) is 0 Å². The van der Waals surface area contributed by atoms with Crippen LogP contribution in [0, 0.1) is 15.9 Å². The quantitative estimate of drug-likeness (QED) is 0.369. The molecule has 126 valence electrons. The summed E-state index contributed by atoms with van der Waals surface area (Å²) in [6, 6.07) is 12.8. The lowest BCUT2D eigenvalue weighted by atomic mass is 10.1. The molecule has 2 aromatic rings. The second-order valence-corrected chi connectivity index (χ2v) is 5.16. The van der Waals surface area contributed by atoms with Crippen molar-refractivity contribution in [2.75, 3.05) is 13.6 Å². The van der Waals surface area contributed by atoms with E-state index in [2.05, 4.69) is 15.6 Å². The molecule has 0 atom stereocenters. The first-order chi connectivity index (χ1) is 11.6. The highest BCUT2D eigenvalue weighted by molar-refractivity contribution is 5.79. The van der Waals surface area contributed by atoms with Gasteiger partial charge in [-0.2, -0.15) is 0 Å². The van der Waals surface area contributed by atoms with Gasteiger partial charge in [0.25, 0.3) is 5.69 Å². The summed E-state index contributed by atoms with van der Waals surface area (Å²) in [5, 5.41) is 16.9. The van der Waals surface area contributed by atoms with Crippen molar-refractivity contribution in [3.8, 4) is 0 Å². The Morgan fingerprint density at radius 3 is 2.54 bits per heavy atom. The number of guanidine groups is 1. The van der Waals surface area contributed by atoms with Crippen LogP contribution in [-0.2, 0) is 13.0 Å². The van der Waals surface area contributed by atoms with Gasteiger partial charge in [-0.15, -0.1) is 0 Å². The highest BCUT2D eigenvalue weighted by Crippen LogP contribution is 2.11. The summed E-state index contributed by atoms with van der Waals surface area (Å²) in [5.74, 6) is 0.373. The predicted molar refractivity (Wildman–Crippen MR) is 91.4 cm³/mol. The van der Waals surface area contributed by atoms with E-state index in [4.69, 9.17) is 0 Å². The van der Waals surface area contributed by atoms with Gasteiger partial charge in [-0.1, -0.05) is 24.3 Å². The van der Waals surface area contributed by atoms with Crippen molar-refractivity contribution in [2.45, 2.75) is 13.0 Å². The average Bonchev–Trinajstić information content (AvgIpc) is 2.58. The first-order valence-electron chi connectivity index (χ1n) is 7.51. The number of nitro benzene ring substituents is 1. The van der Waals surface area contributed by atoms with Crippen LogP contribution in [0.5, 0.6) is 0 Å². The Morgan fingerprint density at radius 1 is 1.17 bits per heavy atom. The van der Waals surface area contributed by atoms with E-state index in [-0.39, 0.29) is 11.5 Å². The van der Waals surface area contributed by atoms with Gasteiger partial charge in [0.2, 0.25) is 0 Å². The van der Waals surface area contributed by atoms with Crippen LogP contribution >= 0.6 is 0 Å². The molecule has 7 heteroatoms. The summed E-state index contributed by atoms with van der Waals surface area (Å²) in [4.78, 5) is 14.3. The van der Waals surface area contributed by atoms with Crippen LogP contribution < -0.4 is 10.6 Å². The summed E-state index contributed by atoms with van der Waals surface area (Å²) in [7, 11) is 1.66. The van der Waals surface area contributed by atoms with Crippen molar-refractivity contribution in [2.24, 2.45) is 4.99 Å². The number of benzene rings is 2. The van der Waals surface area contributed by atoms with Crippen molar-refractivity contribution >= 4 is 11.6 Å². The molecule has 0 radical (unpaired) electrons. The van der Waals surface area contributed by atoms with Gasteiger partial charge in [0.1, 0.15) is 5.82 Å². The second-order valence-electron chi connectivity index (χ2n) is 5.16. The zero-order valence-electron chi connectivity index (χ0n) is 13.3. The molecule has 0 saturated carbocycles. The number of non-ortho nitro benzene ring substituents is 1. The number of nitro groups is 1. The zero-order chi connectivity index (χ0) is 17.4. The molecule has 0 aliphatic carbocycles. The van der Waals surface area contributed by atoms with E-state index in [9.17, 15) is 14.5 Å². The van der Waals surface area contributed by atoms with Gasteiger partial charge in [-0.3, -0.25) is 15.1 Å². The van der Waals surface area contributed by atoms with E-state index in [1.54, 1.807) is 25.2 Å². The second kappa shape index (κ2) is 8.61. The Morgan fingerprint density at radius 2 is 1.92 bits per heavy atom. The minimum absolute atomic E-state index is 0.0661. The van der Waals surface area contributed by atoms with Crippen LogP contribution in [0.25, 0.3) is 0 Å². The first kappa shape index (κ1) is 17.4. The molecule has 0 aliphatic rings. The number of nitrogens with zero attached hydrogens (tertiary/aromatic N) is 2. The molecule has 0 heterocycles. The Bertz CT molecular complexity index is 717. The molecule has 2 aromatic carbocycles. The minimum Gasteiger partial charge on any atom is -0.356 e. The average molecular weight is 330 g/mol. The van der Waals surface area contributed by atoms with E-state index in [1.165, 1.54) is 24.3 Å². The van der Waals surface area contributed by atoms with Gasteiger partial charge in [0, 0.05) is 32.3 Å². The molecular formula is C17H19FN4O2. The SMILES string of the molecule is CN=C(NCCc1cccc(F)c1)NCc1ccc([N+](=O)[O-])cc1. The van der Waals surface area contributed by atoms with Crippen molar-refractivity contribution in [3.05, 3.63) is 75.6 Å². The molecule has 6 nitrogen and oxygen atoms in total. The summed E-state index contributed by atoms with van der Waals surface area (Å²) in [6.07, 6.45) is 0.677. The number of nitrogens with one attached hydrogen (secondary N) is 2. The summed E-state index contributed by atoms with van der Waals surface area (Å²) >= 11 is 0. The third-order valence-corrected chi connectivity index (χ3v) is 3.43. The Kier molecular flexibility index (Phi) is 6.24. The molecule has 0 amide bonds. The number of aliphatic imine (C=N–C) groups is 1. The Labute approximate surface area is 139 Å². The van der Waals surface area contributed by atoms with Gasteiger partial charge in [0.15, 0.2) is 5.96 Å². The maximum Gasteiger partial charge on any atom is 0.269 e.